The normalized spacial score (nSPS) is 18.6. The third kappa shape index (κ3) is 3.58. The molecule has 1 atom stereocenters. The third-order valence-corrected chi connectivity index (χ3v) is 4.26. The molecule has 1 heterocycles. The van der Waals surface area contributed by atoms with Crippen LogP contribution in [0.3, 0.4) is 0 Å². The Morgan fingerprint density at radius 3 is 2.90 bits per heavy atom. The van der Waals surface area contributed by atoms with Crippen LogP contribution >= 0.6 is 23.4 Å². The van der Waals surface area contributed by atoms with Crippen molar-refractivity contribution in [3.05, 3.63) is 29.3 Å². The summed E-state index contributed by atoms with van der Waals surface area (Å²) in [5.74, 6) is 0.246. The number of thioether (sulfide) groups is 1. The Morgan fingerprint density at radius 2 is 2.20 bits per heavy atom. The van der Waals surface area contributed by atoms with Crippen molar-refractivity contribution in [1.29, 1.82) is 0 Å². The molecule has 1 amide bonds. The predicted octanol–water partition coefficient (Wildman–Crippen LogP) is 1.75. The smallest absolute Gasteiger partial charge is 0.327 e. The summed E-state index contributed by atoms with van der Waals surface area (Å²) in [7, 11) is 0. The van der Waals surface area contributed by atoms with Gasteiger partial charge in [-0.3, -0.25) is 4.79 Å². The summed E-state index contributed by atoms with van der Waals surface area (Å²) < 4.78 is 5.36. The quantitative estimate of drug-likeness (QED) is 0.917. The van der Waals surface area contributed by atoms with Crippen LogP contribution in [0.25, 0.3) is 0 Å². The third-order valence-electron chi connectivity index (χ3n) is 2.92. The molecule has 0 saturated carbocycles. The van der Waals surface area contributed by atoms with Crippen molar-refractivity contribution in [2.24, 2.45) is 0 Å². The number of aliphatic carboxylic acids is 1. The molecule has 5 nitrogen and oxygen atoms in total. The lowest BCUT2D eigenvalue weighted by atomic mass is 10.2. The number of hydrogen-bond acceptors (Lipinski definition) is 4. The Balaban J connectivity index is 1.97. The zero-order valence-corrected chi connectivity index (χ0v) is 12.2. The number of hydrogen-bond donors (Lipinski definition) is 1. The first-order valence-electron chi connectivity index (χ1n) is 6.07. The molecule has 0 spiro atoms. The van der Waals surface area contributed by atoms with Crippen LogP contribution in [0.15, 0.2) is 24.3 Å². The molecule has 0 aromatic heterocycles. The monoisotopic (exact) mass is 315 g/mol. The molecule has 0 bridgehead atoms. The molecule has 1 aliphatic rings. The molecule has 20 heavy (non-hydrogen) atoms. The number of carboxylic acids is 1. The fraction of sp³-hybridized carbons (Fsp3) is 0.385. The van der Waals surface area contributed by atoms with Gasteiger partial charge < -0.3 is 14.7 Å². The van der Waals surface area contributed by atoms with E-state index in [2.05, 4.69) is 0 Å². The summed E-state index contributed by atoms with van der Waals surface area (Å²) in [6.45, 7) is 0.213. The van der Waals surface area contributed by atoms with Crippen LogP contribution in [-0.4, -0.2) is 52.6 Å². The second-order valence-electron chi connectivity index (χ2n) is 4.24. The van der Waals surface area contributed by atoms with E-state index in [-0.39, 0.29) is 12.5 Å². The molecule has 108 valence electrons. The molecule has 1 aromatic carbocycles. The maximum Gasteiger partial charge on any atom is 0.327 e. The van der Waals surface area contributed by atoms with Gasteiger partial charge in [-0.05, 0) is 12.1 Å². The number of amides is 1. The average molecular weight is 316 g/mol. The number of carbonyl (C=O) groups is 2. The lowest BCUT2D eigenvalue weighted by Gasteiger charge is -2.32. The van der Waals surface area contributed by atoms with Gasteiger partial charge in [-0.2, -0.15) is 11.8 Å². The van der Waals surface area contributed by atoms with E-state index in [1.54, 1.807) is 24.3 Å². The maximum atomic E-state index is 12.1. The van der Waals surface area contributed by atoms with Crippen LogP contribution < -0.4 is 4.74 Å². The lowest BCUT2D eigenvalue weighted by Crippen LogP contribution is -2.51. The second kappa shape index (κ2) is 6.85. The fourth-order valence-electron chi connectivity index (χ4n) is 1.89. The zero-order valence-electron chi connectivity index (χ0n) is 10.6. The standard InChI is InChI=1S/C13H14ClNO4S/c14-9-3-1-2-4-11(9)19-7-12(16)15-5-6-20-8-10(15)13(17)18/h1-4,10H,5-8H2,(H,17,18). The van der Waals surface area contributed by atoms with E-state index in [9.17, 15) is 9.59 Å². The van der Waals surface area contributed by atoms with Crippen molar-refractivity contribution in [3.63, 3.8) is 0 Å². The maximum absolute atomic E-state index is 12.1. The van der Waals surface area contributed by atoms with Gasteiger partial charge in [0.05, 0.1) is 5.02 Å². The first kappa shape index (κ1) is 15.0. The molecule has 1 fully saturated rings. The van der Waals surface area contributed by atoms with E-state index < -0.39 is 12.0 Å². The Labute approximate surface area is 125 Å². The number of ether oxygens (including phenoxy) is 1. The van der Waals surface area contributed by atoms with Crippen molar-refractivity contribution in [2.75, 3.05) is 24.7 Å². The highest BCUT2D eigenvalue weighted by Crippen LogP contribution is 2.23. The highest BCUT2D eigenvalue weighted by molar-refractivity contribution is 7.99. The van der Waals surface area contributed by atoms with Crippen molar-refractivity contribution in [3.8, 4) is 5.75 Å². The largest absolute Gasteiger partial charge is 0.482 e. The van der Waals surface area contributed by atoms with Gasteiger partial charge in [-0.25, -0.2) is 4.79 Å². The van der Waals surface area contributed by atoms with Gasteiger partial charge in [0.25, 0.3) is 5.91 Å². The minimum Gasteiger partial charge on any atom is -0.482 e. The van der Waals surface area contributed by atoms with Crippen LogP contribution in [0.1, 0.15) is 0 Å². The van der Waals surface area contributed by atoms with Crippen molar-refractivity contribution >= 4 is 35.2 Å². The minimum atomic E-state index is -0.983. The van der Waals surface area contributed by atoms with Gasteiger partial charge in [0.2, 0.25) is 0 Å². The topological polar surface area (TPSA) is 66.8 Å². The number of nitrogens with zero attached hydrogens (tertiary/aromatic N) is 1. The van der Waals surface area contributed by atoms with Crippen molar-refractivity contribution in [2.45, 2.75) is 6.04 Å². The molecule has 1 aliphatic heterocycles. The van der Waals surface area contributed by atoms with E-state index in [4.69, 9.17) is 21.4 Å². The number of carboxylic acid groups (broad SMARTS) is 1. The zero-order chi connectivity index (χ0) is 14.5. The van der Waals surface area contributed by atoms with Crippen LogP contribution in [0, 0.1) is 0 Å². The SMILES string of the molecule is O=C(O)C1CSCCN1C(=O)COc1ccccc1Cl. The first-order valence-corrected chi connectivity index (χ1v) is 7.60. The number of rotatable bonds is 4. The van der Waals surface area contributed by atoms with Crippen LogP contribution in [-0.2, 0) is 9.59 Å². The van der Waals surface area contributed by atoms with Gasteiger partial charge in [-0.15, -0.1) is 0 Å². The molecule has 1 aromatic rings. The first-order chi connectivity index (χ1) is 9.59. The van der Waals surface area contributed by atoms with Gasteiger partial charge in [-0.1, -0.05) is 23.7 Å². The predicted molar refractivity (Wildman–Crippen MR) is 77.4 cm³/mol. The molecule has 0 aliphatic carbocycles. The van der Waals surface area contributed by atoms with Gasteiger partial charge >= 0.3 is 5.97 Å². The molecular weight excluding hydrogens is 302 g/mol. The van der Waals surface area contributed by atoms with Gasteiger partial charge in [0.1, 0.15) is 11.8 Å². The minimum absolute atomic E-state index is 0.210. The second-order valence-corrected chi connectivity index (χ2v) is 5.79. The fourth-order valence-corrected chi connectivity index (χ4v) is 3.12. The van der Waals surface area contributed by atoms with Gasteiger partial charge in [0.15, 0.2) is 6.61 Å². The molecule has 2 rings (SSSR count). The van der Waals surface area contributed by atoms with E-state index >= 15 is 0 Å². The molecule has 1 unspecified atom stereocenters. The highest BCUT2D eigenvalue weighted by Gasteiger charge is 2.32. The number of halogens is 1. The van der Waals surface area contributed by atoms with E-state index in [1.165, 1.54) is 16.7 Å². The van der Waals surface area contributed by atoms with Crippen LogP contribution in [0.4, 0.5) is 0 Å². The Kier molecular flexibility index (Phi) is 5.14. The molecular formula is C13H14ClNO4S. The van der Waals surface area contributed by atoms with Crippen LogP contribution in [0.2, 0.25) is 5.02 Å². The van der Waals surface area contributed by atoms with E-state index in [1.807, 2.05) is 0 Å². The summed E-state index contributed by atoms with van der Waals surface area (Å²) in [4.78, 5) is 24.6. The highest BCUT2D eigenvalue weighted by atomic mass is 35.5. The summed E-state index contributed by atoms with van der Waals surface area (Å²) >= 11 is 7.46. The molecule has 1 saturated heterocycles. The number of benzene rings is 1. The Hall–Kier alpha value is -1.40. The number of para-hydroxylation sites is 1. The van der Waals surface area contributed by atoms with Crippen molar-refractivity contribution in [1.82, 2.24) is 4.90 Å². The molecule has 7 heteroatoms. The number of carbonyl (C=O) groups excluding carboxylic acids is 1. The molecule has 0 radical (unpaired) electrons. The van der Waals surface area contributed by atoms with E-state index in [0.29, 0.717) is 23.1 Å². The summed E-state index contributed by atoms with van der Waals surface area (Å²) in [5.41, 5.74) is 0. The van der Waals surface area contributed by atoms with Crippen molar-refractivity contribution < 1.29 is 19.4 Å². The lowest BCUT2D eigenvalue weighted by molar-refractivity contribution is -0.150. The summed E-state index contributed by atoms with van der Waals surface area (Å²) in [5, 5.41) is 9.54. The Morgan fingerprint density at radius 1 is 1.45 bits per heavy atom. The Bertz CT molecular complexity index is 511. The molecule has 1 N–H and O–H groups in total. The van der Waals surface area contributed by atoms with E-state index in [0.717, 1.165) is 5.75 Å². The average Bonchev–Trinajstić information content (AvgIpc) is 2.46. The van der Waals surface area contributed by atoms with Crippen LogP contribution in [0.5, 0.6) is 5.75 Å². The summed E-state index contributed by atoms with van der Waals surface area (Å²) in [6, 6.07) is 6.06. The van der Waals surface area contributed by atoms with Gasteiger partial charge in [0, 0.05) is 18.1 Å². The summed E-state index contributed by atoms with van der Waals surface area (Å²) in [6.07, 6.45) is 0.